The molecule has 0 heterocycles. The summed E-state index contributed by atoms with van der Waals surface area (Å²) in [5, 5.41) is 3.61. The summed E-state index contributed by atoms with van der Waals surface area (Å²) in [5.41, 5.74) is 3.43. The van der Waals surface area contributed by atoms with Crippen LogP contribution in [0.5, 0.6) is 5.75 Å². The van der Waals surface area contributed by atoms with Gasteiger partial charge in [0.05, 0.1) is 18.8 Å². The summed E-state index contributed by atoms with van der Waals surface area (Å²) in [6, 6.07) is 29.0. The summed E-state index contributed by atoms with van der Waals surface area (Å²) < 4.78 is 5.46. The van der Waals surface area contributed by atoms with E-state index in [0.717, 1.165) is 11.4 Å². The van der Waals surface area contributed by atoms with Crippen LogP contribution in [-0.4, -0.2) is 7.11 Å². The molecular formula is C20H19NO. The van der Waals surface area contributed by atoms with Gasteiger partial charge in [-0.1, -0.05) is 72.8 Å². The lowest BCUT2D eigenvalue weighted by molar-refractivity contribution is 0.416. The molecule has 2 heteroatoms. The van der Waals surface area contributed by atoms with Crippen molar-refractivity contribution in [3.05, 3.63) is 96.1 Å². The topological polar surface area (TPSA) is 21.3 Å². The van der Waals surface area contributed by atoms with E-state index in [2.05, 4.69) is 53.8 Å². The lowest BCUT2D eigenvalue weighted by Gasteiger charge is -2.22. The molecule has 0 aromatic heterocycles. The van der Waals surface area contributed by atoms with Gasteiger partial charge in [0.1, 0.15) is 5.75 Å². The molecule has 0 atom stereocenters. The summed E-state index contributed by atoms with van der Waals surface area (Å²) >= 11 is 0. The molecule has 0 aliphatic heterocycles. The zero-order valence-corrected chi connectivity index (χ0v) is 12.6. The van der Waals surface area contributed by atoms with Crippen molar-refractivity contribution in [1.82, 2.24) is 0 Å². The number of hydrogen-bond acceptors (Lipinski definition) is 2. The number of benzene rings is 3. The third-order valence-electron chi connectivity index (χ3n) is 3.67. The van der Waals surface area contributed by atoms with Gasteiger partial charge in [0.25, 0.3) is 0 Å². The maximum atomic E-state index is 5.46. The van der Waals surface area contributed by atoms with E-state index < -0.39 is 0 Å². The first-order valence-corrected chi connectivity index (χ1v) is 7.38. The second-order valence-corrected chi connectivity index (χ2v) is 5.10. The number of hydrogen-bond donors (Lipinski definition) is 1. The third kappa shape index (κ3) is 3.12. The van der Waals surface area contributed by atoms with E-state index in [-0.39, 0.29) is 6.04 Å². The Bertz CT molecular complexity index is 671. The Hall–Kier alpha value is -2.74. The van der Waals surface area contributed by atoms with Crippen molar-refractivity contribution in [2.45, 2.75) is 6.04 Å². The fourth-order valence-electron chi connectivity index (χ4n) is 2.57. The minimum absolute atomic E-state index is 0.0821. The molecule has 0 radical (unpaired) electrons. The van der Waals surface area contributed by atoms with Crippen LogP contribution in [0.15, 0.2) is 84.9 Å². The first-order valence-electron chi connectivity index (χ1n) is 7.38. The number of ether oxygens (including phenoxy) is 1. The van der Waals surface area contributed by atoms with E-state index in [1.807, 2.05) is 36.4 Å². The van der Waals surface area contributed by atoms with Gasteiger partial charge in [0.2, 0.25) is 0 Å². The molecule has 0 spiro atoms. The Kier molecular flexibility index (Phi) is 4.40. The molecule has 0 bridgehead atoms. The molecule has 1 N–H and O–H groups in total. The molecule has 0 aliphatic rings. The van der Waals surface area contributed by atoms with E-state index in [4.69, 9.17) is 4.74 Å². The van der Waals surface area contributed by atoms with Crippen LogP contribution in [-0.2, 0) is 0 Å². The van der Waals surface area contributed by atoms with Crippen molar-refractivity contribution >= 4 is 5.69 Å². The predicted octanol–water partition coefficient (Wildman–Crippen LogP) is 4.90. The van der Waals surface area contributed by atoms with E-state index in [1.165, 1.54) is 11.1 Å². The molecule has 110 valence electrons. The molecule has 3 rings (SSSR count). The maximum Gasteiger partial charge on any atom is 0.141 e. The van der Waals surface area contributed by atoms with Crippen molar-refractivity contribution in [3.8, 4) is 5.75 Å². The molecule has 22 heavy (non-hydrogen) atoms. The fraction of sp³-hybridized carbons (Fsp3) is 0.100. The minimum Gasteiger partial charge on any atom is -0.495 e. The normalized spacial score (nSPS) is 10.5. The predicted molar refractivity (Wildman–Crippen MR) is 91.3 cm³/mol. The summed E-state index contributed by atoms with van der Waals surface area (Å²) in [6.45, 7) is 0. The molecule has 2 nitrogen and oxygen atoms in total. The van der Waals surface area contributed by atoms with Gasteiger partial charge in [-0.3, -0.25) is 0 Å². The average Bonchev–Trinajstić information content (AvgIpc) is 2.61. The Morgan fingerprint density at radius 3 is 1.73 bits per heavy atom. The minimum atomic E-state index is 0.0821. The standard InChI is InChI=1S/C20H19NO/c1-22-19-15-9-8-14-18(19)21-20(16-10-4-2-5-11-16)17-12-6-3-7-13-17/h2-15,20-21H,1H3. The van der Waals surface area contributed by atoms with Crippen LogP contribution in [0.25, 0.3) is 0 Å². The Morgan fingerprint density at radius 2 is 1.18 bits per heavy atom. The van der Waals surface area contributed by atoms with Gasteiger partial charge in [-0.2, -0.15) is 0 Å². The highest BCUT2D eigenvalue weighted by Crippen LogP contribution is 2.31. The van der Waals surface area contributed by atoms with Crippen LogP contribution < -0.4 is 10.1 Å². The molecule has 3 aromatic rings. The van der Waals surface area contributed by atoms with E-state index in [1.54, 1.807) is 7.11 Å². The molecule has 0 fully saturated rings. The molecule has 0 unspecified atom stereocenters. The van der Waals surface area contributed by atoms with Crippen molar-refractivity contribution in [3.63, 3.8) is 0 Å². The Labute approximate surface area is 131 Å². The van der Waals surface area contributed by atoms with Crippen LogP contribution >= 0.6 is 0 Å². The van der Waals surface area contributed by atoms with Gasteiger partial charge < -0.3 is 10.1 Å². The number of nitrogens with one attached hydrogen (secondary N) is 1. The van der Waals surface area contributed by atoms with Gasteiger partial charge in [-0.15, -0.1) is 0 Å². The van der Waals surface area contributed by atoms with Gasteiger partial charge in [-0.05, 0) is 23.3 Å². The monoisotopic (exact) mass is 289 g/mol. The van der Waals surface area contributed by atoms with E-state index in [0.29, 0.717) is 0 Å². The first kappa shape index (κ1) is 14.2. The molecule has 0 amide bonds. The van der Waals surface area contributed by atoms with Crippen LogP contribution in [0, 0.1) is 0 Å². The zero-order chi connectivity index (χ0) is 15.2. The number of para-hydroxylation sites is 2. The highest BCUT2D eigenvalue weighted by Gasteiger charge is 2.15. The molecule has 0 saturated heterocycles. The summed E-state index contributed by atoms with van der Waals surface area (Å²) in [7, 11) is 1.69. The second kappa shape index (κ2) is 6.81. The summed E-state index contributed by atoms with van der Waals surface area (Å²) in [5.74, 6) is 0.847. The average molecular weight is 289 g/mol. The summed E-state index contributed by atoms with van der Waals surface area (Å²) in [4.78, 5) is 0. The smallest absolute Gasteiger partial charge is 0.141 e. The quantitative estimate of drug-likeness (QED) is 0.721. The lowest BCUT2D eigenvalue weighted by atomic mass is 9.98. The van der Waals surface area contributed by atoms with Gasteiger partial charge in [0, 0.05) is 0 Å². The van der Waals surface area contributed by atoms with Crippen molar-refractivity contribution < 1.29 is 4.74 Å². The molecule has 0 saturated carbocycles. The number of rotatable bonds is 5. The lowest BCUT2D eigenvalue weighted by Crippen LogP contribution is -2.12. The zero-order valence-electron chi connectivity index (χ0n) is 12.6. The SMILES string of the molecule is COc1ccccc1NC(c1ccccc1)c1ccccc1. The summed E-state index contributed by atoms with van der Waals surface area (Å²) in [6.07, 6.45) is 0. The van der Waals surface area contributed by atoms with Crippen molar-refractivity contribution in [2.24, 2.45) is 0 Å². The largest absolute Gasteiger partial charge is 0.495 e. The van der Waals surface area contributed by atoms with Crippen molar-refractivity contribution in [2.75, 3.05) is 12.4 Å². The third-order valence-corrected chi connectivity index (χ3v) is 3.67. The highest BCUT2D eigenvalue weighted by molar-refractivity contribution is 5.59. The van der Waals surface area contributed by atoms with Crippen LogP contribution in [0.4, 0.5) is 5.69 Å². The van der Waals surface area contributed by atoms with Crippen LogP contribution in [0.2, 0.25) is 0 Å². The highest BCUT2D eigenvalue weighted by atomic mass is 16.5. The van der Waals surface area contributed by atoms with Crippen LogP contribution in [0.3, 0.4) is 0 Å². The van der Waals surface area contributed by atoms with Crippen LogP contribution in [0.1, 0.15) is 17.2 Å². The van der Waals surface area contributed by atoms with E-state index >= 15 is 0 Å². The maximum absolute atomic E-state index is 5.46. The van der Waals surface area contributed by atoms with Gasteiger partial charge in [0.15, 0.2) is 0 Å². The van der Waals surface area contributed by atoms with E-state index in [9.17, 15) is 0 Å². The molecule has 3 aromatic carbocycles. The molecule has 0 aliphatic carbocycles. The second-order valence-electron chi connectivity index (χ2n) is 5.10. The Morgan fingerprint density at radius 1 is 0.682 bits per heavy atom. The van der Waals surface area contributed by atoms with Crippen molar-refractivity contribution in [1.29, 1.82) is 0 Å². The number of methoxy groups -OCH3 is 1. The van der Waals surface area contributed by atoms with Gasteiger partial charge in [-0.25, -0.2) is 0 Å². The Balaban J connectivity index is 1.99. The number of anilines is 1. The first-order chi connectivity index (χ1) is 10.9. The fourth-order valence-corrected chi connectivity index (χ4v) is 2.57. The molecular weight excluding hydrogens is 270 g/mol. The van der Waals surface area contributed by atoms with Gasteiger partial charge >= 0.3 is 0 Å².